The molecule has 1 aromatic rings. The molecule has 5 heteroatoms. The number of aliphatic hydroxyl groups excluding tert-OH is 1. The summed E-state index contributed by atoms with van der Waals surface area (Å²) in [5.41, 5.74) is -0.618. The molecule has 0 heterocycles. The first kappa shape index (κ1) is 13.9. The molecule has 92 valence electrons. The van der Waals surface area contributed by atoms with Crippen molar-refractivity contribution in [3.63, 3.8) is 0 Å². The standard InChI is InChI=1S/C12H10ClF3O/c13-11-6-5-10(12(14,15)16)8-9(11)4-2-1-3-7-17/h5-6,8,17H,1,3,7H2. The smallest absolute Gasteiger partial charge is 0.396 e. The maximum atomic E-state index is 12.4. The van der Waals surface area contributed by atoms with Crippen LogP contribution in [0.4, 0.5) is 13.2 Å². The zero-order valence-electron chi connectivity index (χ0n) is 8.81. The second-order valence-corrected chi connectivity index (χ2v) is 3.73. The molecule has 1 N–H and O–H groups in total. The Morgan fingerprint density at radius 3 is 2.59 bits per heavy atom. The third-order valence-electron chi connectivity index (χ3n) is 1.98. The van der Waals surface area contributed by atoms with Gasteiger partial charge in [0.05, 0.1) is 10.6 Å². The molecule has 1 nitrogen and oxygen atoms in total. The predicted molar refractivity (Wildman–Crippen MR) is 59.7 cm³/mol. The van der Waals surface area contributed by atoms with E-state index >= 15 is 0 Å². The summed E-state index contributed by atoms with van der Waals surface area (Å²) in [7, 11) is 0. The Morgan fingerprint density at radius 2 is 2.00 bits per heavy atom. The van der Waals surface area contributed by atoms with Gasteiger partial charge in [-0.3, -0.25) is 0 Å². The van der Waals surface area contributed by atoms with Gasteiger partial charge >= 0.3 is 6.18 Å². The summed E-state index contributed by atoms with van der Waals surface area (Å²) in [6, 6.07) is 3.02. The maximum absolute atomic E-state index is 12.4. The number of benzene rings is 1. The molecular weight excluding hydrogens is 253 g/mol. The van der Waals surface area contributed by atoms with Crippen LogP contribution in [0.3, 0.4) is 0 Å². The molecule has 0 aliphatic heterocycles. The van der Waals surface area contributed by atoms with E-state index in [4.69, 9.17) is 16.7 Å². The monoisotopic (exact) mass is 262 g/mol. The van der Waals surface area contributed by atoms with Crippen molar-refractivity contribution in [2.45, 2.75) is 19.0 Å². The maximum Gasteiger partial charge on any atom is 0.416 e. The number of hydrogen-bond acceptors (Lipinski definition) is 1. The Bertz CT molecular complexity index is 443. The van der Waals surface area contributed by atoms with Crippen LogP contribution >= 0.6 is 11.6 Å². The average Bonchev–Trinajstić information content (AvgIpc) is 2.25. The van der Waals surface area contributed by atoms with Crippen molar-refractivity contribution < 1.29 is 18.3 Å². The lowest BCUT2D eigenvalue weighted by Gasteiger charge is -2.07. The molecule has 0 saturated carbocycles. The van der Waals surface area contributed by atoms with Gasteiger partial charge in [-0.25, -0.2) is 0 Å². The molecular formula is C12H10ClF3O. The summed E-state index contributed by atoms with van der Waals surface area (Å²) in [5.74, 6) is 5.23. The molecule has 1 aromatic carbocycles. The van der Waals surface area contributed by atoms with Crippen LogP contribution in [0, 0.1) is 11.8 Å². The normalized spacial score (nSPS) is 10.9. The summed E-state index contributed by atoms with van der Waals surface area (Å²) in [4.78, 5) is 0. The highest BCUT2D eigenvalue weighted by molar-refractivity contribution is 6.31. The first-order valence-corrected chi connectivity index (χ1v) is 5.29. The predicted octanol–water partition coefficient (Wildman–Crippen LogP) is 3.48. The molecule has 0 saturated heterocycles. The van der Waals surface area contributed by atoms with Crippen LogP contribution in [-0.4, -0.2) is 11.7 Å². The summed E-state index contributed by atoms with van der Waals surface area (Å²) in [6.45, 7) is 0.00496. The number of hydrogen-bond donors (Lipinski definition) is 1. The van der Waals surface area contributed by atoms with Gasteiger partial charge in [0.15, 0.2) is 0 Å². The molecule has 0 aliphatic rings. The van der Waals surface area contributed by atoms with Crippen LogP contribution in [0.2, 0.25) is 5.02 Å². The number of aliphatic hydroxyl groups is 1. The molecule has 17 heavy (non-hydrogen) atoms. The Hall–Kier alpha value is -1.18. The van der Waals surface area contributed by atoms with Crippen LogP contribution in [0.25, 0.3) is 0 Å². The summed E-state index contributed by atoms with van der Waals surface area (Å²) in [5, 5.41) is 8.72. The molecule has 0 unspecified atom stereocenters. The molecule has 0 aromatic heterocycles. The third-order valence-corrected chi connectivity index (χ3v) is 2.31. The molecule has 0 bridgehead atoms. The van der Waals surface area contributed by atoms with Gasteiger partial charge in [0.25, 0.3) is 0 Å². The minimum Gasteiger partial charge on any atom is -0.396 e. The van der Waals surface area contributed by atoms with Crippen molar-refractivity contribution in [3.05, 3.63) is 34.3 Å². The molecule has 1 rings (SSSR count). The van der Waals surface area contributed by atoms with E-state index in [0.717, 1.165) is 12.1 Å². The van der Waals surface area contributed by atoms with Gasteiger partial charge in [0, 0.05) is 18.6 Å². The van der Waals surface area contributed by atoms with Gasteiger partial charge in [0.2, 0.25) is 0 Å². The molecule has 0 radical (unpaired) electrons. The lowest BCUT2D eigenvalue weighted by molar-refractivity contribution is -0.137. The van der Waals surface area contributed by atoms with Crippen LogP contribution < -0.4 is 0 Å². The first-order valence-electron chi connectivity index (χ1n) is 4.91. The van der Waals surface area contributed by atoms with Gasteiger partial charge in [-0.2, -0.15) is 13.2 Å². The van der Waals surface area contributed by atoms with E-state index < -0.39 is 11.7 Å². The Balaban J connectivity index is 2.94. The van der Waals surface area contributed by atoms with E-state index in [9.17, 15) is 13.2 Å². The Labute approximate surface area is 102 Å². The van der Waals surface area contributed by atoms with Crippen molar-refractivity contribution >= 4 is 11.6 Å². The third kappa shape index (κ3) is 4.29. The van der Waals surface area contributed by atoms with E-state index in [0.29, 0.717) is 12.8 Å². The summed E-state index contributed by atoms with van der Waals surface area (Å²) < 4.78 is 37.3. The SMILES string of the molecule is OCCCC#Cc1cc(C(F)(F)F)ccc1Cl. The first-order chi connectivity index (χ1) is 7.95. The Kier molecular flexibility index (Phi) is 4.86. The van der Waals surface area contributed by atoms with E-state index in [1.54, 1.807) is 0 Å². The van der Waals surface area contributed by atoms with E-state index in [2.05, 4.69) is 11.8 Å². The van der Waals surface area contributed by atoms with Gasteiger partial charge in [0.1, 0.15) is 0 Å². The molecule has 0 spiro atoms. The second kappa shape index (κ2) is 5.95. The van der Waals surface area contributed by atoms with E-state index in [1.807, 2.05) is 0 Å². The van der Waals surface area contributed by atoms with E-state index in [-0.39, 0.29) is 17.2 Å². The lowest BCUT2D eigenvalue weighted by atomic mass is 10.1. The average molecular weight is 263 g/mol. The minimum atomic E-state index is -4.40. The van der Waals surface area contributed by atoms with Crippen LogP contribution in [-0.2, 0) is 6.18 Å². The number of unbranched alkanes of at least 4 members (excludes halogenated alkanes) is 1. The zero-order chi connectivity index (χ0) is 12.9. The molecule has 0 atom stereocenters. The van der Waals surface area contributed by atoms with Gasteiger partial charge in [-0.05, 0) is 24.6 Å². The zero-order valence-corrected chi connectivity index (χ0v) is 9.57. The van der Waals surface area contributed by atoms with Gasteiger partial charge in [-0.1, -0.05) is 23.4 Å². The number of halogens is 4. The van der Waals surface area contributed by atoms with Crippen molar-refractivity contribution in [1.82, 2.24) is 0 Å². The van der Waals surface area contributed by atoms with Crippen molar-refractivity contribution in [3.8, 4) is 11.8 Å². The van der Waals surface area contributed by atoms with Gasteiger partial charge < -0.3 is 5.11 Å². The largest absolute Gasteiger partial charge is 0.416 e. The fourth-order valence-electron chi connectivity index (χ4n) is 1.12. The fraction of sp³-hybridized carbons (Fsp3) is 0.333. The molecule has 0 aliphatic carbocycles. The van der Waals surface area contributed by atoms with Crippen molar-refractivity contribution in [2.75, 3.05) is 6.61 Å². The molecule has 0 amide bonds. The van der Waals surface area contributed by atoms with E-state index in [1.165, 1.54) is 6.07 Å². The summed E-state index contributed by atoms with van der Waals surface area (Å²) in [6.07, 6.45) is -3.49. The van der Waals surface area contributed by atoms with Crippen molar-refractivity contribution in [2.24, 2.45) is 0 Å². The van der Waals surface area contributed by atoms with Crippen LogP contribution in [0.15, 0.2) is 18.2 Å². The molecule has 0 fully saturated rings. The van der Waals surface area contributed by atoms with Crippen LogP contribution in [0.5, 0.6) is 0 Å². The van der Waals surface area contributed by atoms with Gasteiger partial charge in [-0.15, -0.1) is 0 Å². The van der Waals surface area contributed by atoms with Crippen molar-refractivity contribution in [1.29, 1.82) is 0 Å². The Morgan fingerprint density at radius 1 is 1.29 bits per heavy atom. The topological polar surface area (TPSA) is 20.2 Å². The lowest BCUT2D eigenvalue weighted by Crippen LogP contribution is -2.04. The summed E-state index contributed by atoms with van der Waals surface area (Å²) >= 11 is 5.74. The second-order valence-electron chi connectivity index (χ2n) is 3.32. The quantitative estimate of drug-likeness (QED) is 0.639. The highest BCUT2D eigenvalue weighted by Crippen LogP contribution is 2.31. The highest BCUT2D eigenvalue weighted by atomic mass is 35.5. The fourth-order valence-corrected chi connectivity index (χ4v) is 1.29. The number of rotatable bonds is 2. The highest BCUT2D eigenvalue weighted by Gasteiger charge is 2.30. The minimum absolute atomic E-state index is 0.00496. The number of alkyl halides is 3. The van der Waals surface area contributed by atoms with Crippen LogP contribution in [0.1, 0.15) is 24.0 Å².